The summed E-state index contributed by atoms with van der Waals surface area (Å²) in [6, 6.07) is 13.4. The van der Waals surface area contributed by atoms with Crippen LogP contribution in [-0.4, -0.2) is 14.6 Å². The lowest BCUT2D eigenvalue weighted by Gasteiger charge is -2.10. The highest BCUT2D eigenvalue weighted by molar-refractivity contribution is 9.10. The number of benzene rings is 1. The third-order valence-corrected chi connectivity index (χ3v) is 5.00. The minimum atomic E-state index is -4.53. The first-order valence-electron chi connectivity index (χ1n) is 7.20. The Morgan fingerprint density at radius 1 is 1.00 bits per heavy atom. The van der Waals surface area contributed by atoms with Gasteiger partial charge in [-0.1, -0.05) is 34.1 Å². The van der Waals surface area contributed by atoms with Crippen molar-refractivity contribution in [3.05, 3.63) is 64.1 Å². The quantitative estimate of drug-likeness (QED) is 0.401. The molecule has 0 aliphatic carbocycles. The molecule has 4 aromatic rings. The van der Waals surface area contributed by atoms with Crippen molar-refractivity contribution in [3.8, 4) is 21.8 Å². The predicted molar refractivity (Wildman–Crippen MR) is 94.4 cm³/mol. The Bertz CT molecular complexity index is 1050. The molecular weight excluding hydrogens is 415 g/mol. The molecule has 126 valence electrons. The van der Waals surface area contributed by atoms with Gasteiger partial charge in [0.15, 0.2) is 11.3 Å². The van der Waals surface area contributed by atoms with Crippen LogP contribution in [0.25, 0.3) is 27.5 Å². The van der Waals surface area contributed by atoms with E-state index in [2.05, 4.69) is 26.0 Å². The third kappa shape index (κ3) is 3.07. The Hall–Kier alpha value is -2.19. The van der Waals surface area contributed by atoms with Gasteiger partial charge in [0, 0.05) is 16.1 Å². The monoisotopic (exact) mass is 423 g/mol. The molecule has 25 heavy (non-hydrogen) atoms. The van der Waals surface area contributed by atoms with Gasteiger partial charge in [0.05, 0.1) is 16.3 Å². The molecule has 0 unspecified atom stereocenters. The number of alkyl halides is 3. The van der Waals surface area contributed by atoms with Crippen LogP contribution < -0.4 is 0 Å². The fraction of sp³-hybridized carbons (Fsp3) is 0.0588. The van der Waals surface area contributed by atoms with Crippen molar-refractivity contribution in [3.63, 3.8) is 0 Å². The van der Waals surface area contributed by atoms with Crippen LogP contribution in [0, 0.1) is 0 Å². The van der Waals surface area contributed by atoms with Crippen LogP contribution in [0.2, 0.25) is 0 Å². The number of aromatic nitrogens is 3. The molecule has 0 bridgehead atoms. The Balaban J connectivity index is 1.96. The van der Waals surface area contributed by atoms with Gasteiger partial charge in [-0.2, -0.15) is 18.3 Å². The van der Waals surface area contributed by atoms with Crippen LogP contribution in [-0.2, 0) is 6.18 Å². The van der Waals surface area contributed by atoms with Crippen LogP contribution in [0.5, 0.6) is 0 Å². The summed E-state index contributed by atoms with van der Waals surface area (Å²) < 4.78 is 42.2. The molecule has 0 saturated carbocycles. The van der Waals surface area contributed by atoms with Crippen molar-refractivity contribution < 1.29 is 13.2 Å². The Morgan fingerprint density at radius 3 is 2.52 bits per heavy atom. The normalized spacial score (nSPS) is 12.0. The molecule has 0 amide bonds. The van der Waals surface area contributed by atoms with E-state index in [0.29, 0.717) is 16.1 Å². The molecule has 0 saturated heterocycles. The van der Waals surface area contributed by atoms with Crippen molar-refractivity contribution in [1.29, 1.82) is 0 Å². The molecule has 1 aromatic carbocycles. The smallest absolute Gasteiger partial charge is 0.228 e. The fourth-order valence-corrected chi connectivity index (χ4v) is 3.60. The van der Waals surface area contributed by atoms with Crippen LogP contribution >= 0.6 is 27.3 Å². The average Bonchev–Trinajstić information content (AvgIpc) is 3.22. The molecule has 0 spiro atoms. The van der Waals surface area contributed by atoms with Gasteiger partial charge in [-0.25, -0.2) is 9.50 Å². The van der Waals surface area contributed by atoms with Gasteiger partial charge < -0.3 is 0 Å². The van der Waals surface area contributed by atoms with Gasteiger partial charge in [-0.05, 0) is 29.6 Å². The van der Waals surface area contributed by atoms with Crippen LogP contribution in [0.1, 0.15) is 5.69 Å². The van der Waals surface area contributed by atoms with Crippen LogP contribution in [0.3, 0.4) is 0 Å². The number of rotatable bonds is 2. The molecule has 3 nitrogen and oxygen atoms in total. The maximum Gasteiger partial charge on any atom is 0.433 e. The van der Waals surface area contributed by atoms with Gasteiger partial charge in [0.2, 0.25) is 0 Å². The second kappa shape index (κ2) is 5.96. The molecule has 0 radical (unpaired) electrons. The van der Waals surface area contributed by atoms with Crippen LogP contribution in [0.4, 0.5) is 13.2 Å². The maximum absolute atomic E-state index is 13.5. The zero-order chi connectivity index (χ0) is 17.6. The molecule has 0 fully saturated rings. The number of halogens is 4. The highest BCUT2D eigenvalue weighted by Crippen LogP contribution is 2.34. The lowest BCUT2D eigenvalue weighted by atomic mass is 10.2. The highest BCUT2D eigenvalue weighted by Gasteiger charge is 2.35. The van der Waals surface area contributed by atoms with E-state index in [9.17, 15) is 13.2 Å². The second-order valence-corrected chi connectivity index (χ2v) is 7.17. The van der Waals surface area contributed by atoms with E-state index in [0.717, 1.165) is 15.1 Å². The summed E-state index contributed by atoms with van der Waals surface area (Å²) in [4.78, 5) is 5.04. The van der Waals surface area contributed by atoms with Crippen molar-refractivity contribution in [1.82, 2.24) is 14.6 Å². The summed E-state index contributed by atoms with van der Waals surface area (Å²) in [7, 11) is 0. The maximum atomic E-state index is 13.5. The lowest BCUT2D eigenvalue weighted by molar-refractivity contribution is -0.142. The summed E-state index contributed by atoms with van der Waals surface area (Å²) in [6.07, 6.45) is -4.53. The molecule has 4 rings (SSSR count). The first-order valence-corrected chi connectivity index (χ1v) is 8.87. The van der Waals surface area contributed by atoms with E-state index in [4.69, 9.17) is 0 Å². The van der Waals surface area contributed by atoms with Gasteiger partial charge in [0.25, 0.3) is 0 Å². The van der Waals surface area contributed by atoms with Gasteiger partial charge in [-0.15, -0.1) is 11.3 Å². The largest absolute Gasteiger partial charge is 0.433 e. The van der Waals surface area contributed by atoms with E-state index in [1.54, 1.807) is 41.8 Å². The third-order valence-electron chi connectivity index (χ3n) is 3.61. The van der Waals surface area contributed by atoms with Crippen molar-refractivity contribution >= 4 is 32.9 Å². The first-order chi connectivity index (χ1) is 11.9. The molecule has 0 aliphatic heterocycles. The van der Waals surface area contributed by atoms with E-state index in [1.807, 2.05) is 6.07 Å². The SMILES string of the molecule is FC(F)(F)c1cc(-c2cccs2)nc2cc(-c3cccc(Br)c3)nn12. The minimum absolute atomic E-state index is 0.160. The van der Waals surface area contributed by atoms with Crippen molar-refractivity contribution in [2.45, 2.75) is 6.18 Å². The summed E-state index contributed by atoms with van der Waals surface area (Å²) in [5.41, 5.74) is 0.749. The first kappa shape index (κ1) is 16.3. The van der Waals surface area contributed by atoms with Crippen LogP contribution in [0.15, 0.2) is 58.4 Å². The van der Waals surface area contributed by atoms with E-state index >= 15 is 0 Å². The average molecular weight is 424 g/mol. The number of nitrogens with zero attached hydrogens (tertiary/aromatic N) is 3. The van der Waals surface area contributed by atoms with Gasteiger partial charge >= 0.3 is 6.18 Å². The zero-order valence-electron chi connectivity index (χ0n) is 12.5. The number of hydrogen-bond donors (Lipinski definition) is 0. The standard InChI is InChI=1S/C17H9BrF3N3S/c18-11-4-1-3-10(7-11)12-9-16-22-13(14-5-2-6-25-14)8-15(17(19,20)21)24(16)23-12/h1-9H. The topological polar surface area (TPSA) is 30.2 Å². The molecule has 0 N–H and O–H groups in total. The number of thiophene rings is 1. The van der Waals surface area contributed by atoms with Gasteiger partial charge in [-0.3, -0.25) is 0 Å². The molecule has 8 heteroatoms. The Labute approximate surface area is 152 Å². The summed E-state index contributed by atoms with van der Waals surface area (Å²) in [6.45, 7) is 0. The second-order valence-electron chi connectivity index (χ2n) is 5.31. The van der Waals surface area contributed by atoms with E-state index in [1.165, 1.54) is 11.3 Å². The highest BCUT2D eigenvalue weighted by atomic mass is 79.9. The van der Waals surface area contributed by atoms with Crippen molar-refractivity contribution in [2.75, 3.05) is 0 Å². The molecule has 3 aromatic heterocycles. The fourth-order valence-electron chi connectivity index (χ4n) is 2.52. The molecule has 0 atom stereocenters. The Morgan fingerprint density at radius 2 is 1.84 bits per heavy atom. The summed E-state index contributed by atoms with van der Waals surface area (Å²) in [5.74, 6) is 0. The molecule has 0 aliphatic rings. The summed E-state index contributed by atoms with van der Waals surface area (Å²) in [5, 5.41) is 5.93. The summed E-state index contributed by atoms with van der Waals surface area (Å²) >= 11 is 4.70. The number of fused-ring (bicyclic) bond motifs is 1. The van der Waals surface area contributed by atoms with E-state index < -0.39 is 11.9 Å². The minimum Gasteiger partial charge on any atom is -0.228 e. The number of hydrogen-bond acceptors (Lipinski definition) is 3. The predicted octanol–water partition coefficient (Wildman–Crippen LogP) is 5.91. The molecule has 3 heterocycles. The lowest BCUT2D eigenvalue weighted by Crippen LogP contribution is -2.13. The van der Waals surface area contributed by atoms with Gasteiger partial charge in [0.1, 0.15) is 0 Å². The Kier molecular flexibility index (Phi) is 3.88. The zero-order valence-corrected chi connectivity index (χ0v) is 14.9. The molecular formula is C17H9BrF3N3S. The van der Waals surface area contributed by atoms with E-state index in [-0.39, 0.29) is 11.3 Å². The van der Waals surface area contributed by atoms with Crippen molar-refractivity contribution in [2.24, 2.45) is 0 Å².